The zero-order valence-electron chi connectivity index (χ0n) is 14.2. The summed E-state index contributed by atoms with van der Waals surface area (Å²) in [5.74, 6) is 0.0422. The summed E-state index contributed by atoms with van der Waals surface area (Å²) in [6.07, 6.45) is 1.28. The number of H-pyrrole nitrogens is 1. The first-order valence-electron chi connectivity index (χ1n) is 8.42. The smallest absolute Gasteiger partial charge is 0.258 e. The molecule has 2 aromatic carbocycles. The Balaban J connectivity index is 1.37. The number of halogens is 1. The minimum atomic E-state index is -0.332. The van der Waals surface area contributed by atoms with E-state index >= 15 is 0 Å². The van der Waals surface area contributed by atoms with Gasteiger partial charge in [0.2, 0.25) is 5.91 Å². The zero-order valence-corrected chi connectivity index (χ0v) is 15.0. The quantitative estimate of drug-likeness (QED) is 0.552. The summed E-state index contributed by atoms with van der Waals surface area (Å²) < 4.78 is 13.9. The molecule has 1 amide bonds. The molecule has 2 heterocycles. The topological polar surface area (TPSA) is 87.7 Å². The van der Waals surface area contributed by atoms with Gasteiger partial charge in [-0.05, 0) is 36.8 Å². The molecule has 0 aliphatic heterocycles. The van der Waals surface area contributed by atoms with Gasteiger partial charge in [0.25, 0.3) is 5.56 Å². The number of carbonyl (C=O) groups excluding carboxylic acids is 1. The molecule has 2 aromatic heterocycles. The summed E-state index contributed by atoms with van der Waals surface area (Å²) in [6, 6.07) is 11.4. The number of benzene rings is 2. The summed E-state index contributed by atoms with van der Waals surface area (Å²) in [6.45, 7) is 0. The largest absolute Gasteiger partial charge is 0.310 e. The molecule has 2 N–H and O–H groups in total. The van der Waals surface area contributed by atoms with Gasteiger partial charge in [-0.2, -0.15) is 0 Å². The molecule has 0 aliphatic carbocycles. The van der Waals surface area contributed by atoms with Crippen molar-refractivity contribution in [3.8, 4) is 0 Å². The number of thiazole rings is 1. The van der Waals surface area contributed by atoms with Crippen molar-refractivity contribution in [2.45, 2.75) is 19.3 Å². The van der Waals surface area contributed by atoms with Gasteiger partial charge < -0.3 is 10.3 Å². The Morgan fingerprint density at radius 2 is 2.00 bits per heavy atom. The van der Waals surface area contributed by atoms with Crippen molar-refractivity contribution in [1.29, 1.82) is 0 Å². The van der Waals surface area contributed by atoms with E-state index in [-0.39, 0.29) is 23.7 Å². The van der Waals surface area contributed by atoms with E-state index in [1.54, 1.807) is 24.3 Å². The van der Waals surface area contributed by atoms with E-state index in [1.165, 1.54) is 23.5 Å². The molecule has 8 heteroatoms. The maximum atomic E-state index is 13.2. The van der Waals surface area contributed by atoms with Crippen LogP contribution in [0.1, 0.15) is 18.7 Å². The maximum absolute atomic E-state index is 13.2. The SMILES string of the molecule is O=C(CCCc1nc2ccccc2c(=O)[nH]1)Nc1nc2ccc(F)cc2s1. The van der Waals surface area contributed by atoms with Gasteiger partial charge in [0.05, 0.1) is 21.1 Å². The first-order chi connectivity index (χ1) is 13.1. The predicted octanol–water partition coefficient (Wildman–Crippen LogP) is 3.63. The number of amides is 1. The van der Waals surface area contributed by atoms with Crippen LogP contribution in [0.25, 0.3) is 21.1 Å². The second kappa shape index (κ2) is 7.24. The number of para-hydroxylation sites is 1. The fraction of sp³-hybridized carbons (Fsp3) is 0.158. The molecular formula is C19H15FN4O2S. The van der Waals surface area contributed by atoms with Crippen LogP contribution in [0.3, 0.4) is 0 Å². The second-order valence-electron chi connectivity index (χ2n) is 6.06. The Kier molecular flexibility index (Phi) is 4.64. The molecule has 0 spiro atoms. The van der Waals surface area contributed by atoms with Crippen LogP contribution in [0.5, 0.6) is 0 Å². The molecular weight excluding hydrogens is 367 g/mol. The van der Waals surface area contributed by atoms with Crippen molar-refractivity contribution in [3.63, 3.8) is 0 Å². The van der Waals surface area contributed by atoms with Gasteiger partial charge in [0.1, 0.15) is 11.6 Å². The number of nitrogens with one attached hydrogen (secondary N) is 2. The Morgan fingerprint density at radius 3 is 2.89 bits per heavy atom. The number of hydrogen-bond donors (Lipinski definition) is 2. The van der Waals surface area contributed by atoms with Crippen LogP contribution < -0.4 is 10.9 Å². The lowest BCUT2D eigenvalue weighted by Gasteiger charge is -2.03. The number of rotatable bonds is 5. The lowest BCUT2D eigenvalue weighted by Crippen LogP contribution is -2.14. The summed E-state index contributed by atoms with van der Waals surface area (Å²) in [7, 11) is 0. The summed E-state index contributed by atoms with van der Waals surface area (Å²) >= 11 is 1.23. The monoisotopic (exact) mass is 382 g/mol. The highest BCUT2D eigenvalue weighted by Gasteiger charge is 2.09. The van der Waals surface area contributed by atoms with Crippen LogP contribution >= 0.6 is 11.3 Å². The van der Waals surface area contributed by atoms with Crippen molar-refractivity contribution in [3.05, 3.63) is 64.5 Å². The van der Waals surface area contributed by atoms with Crippen LogP contribution in [0.4, 0.5) is 9.52 Å². The molecule has 27 heavy (non-hydrogen) atoms. The standard InChI is InChI=1S/C19H15FN4O2S/c20-11-8-9-14-15(10-11)27-19(22-14)24-17(25)7-3-6-16-21-13-5-2-1-4-12(13)18(26)23-16/h1-2,4-5,8-10H,3,6-7H2,(H,21,23,26)(H,22,24,25). The lowest BCUT2D eigenvalue weighted by atomic mass is 10.2. The minimum absolute atomic E-state index is 0.179. The lowest BCUT2D eigenvalue weighted by molar-refractivity contribution is -0.116. The molecule has 0 unspecified atom stereocenters. The van der Waals surface area contributed by atoms with Crippen molar-refractivity contribution in [2.75, 3.05) is 5.32 Å². The van der Waals surface area contributed by atoms with Crippen molar-refractivity contribution < 1.29 is 9.18 Å². The summed E-state index contributed by atoms with van der Waals surface area (Å²) in [5, 5.41) is 3.72. The Labute approximate surface area is 157 Å². The van der Waals surface area contributed by atoms with Crippen molar-refractivity contribution >= 4 is 43.5 Å². The number of nitrogens with zero attached hydrogens (tertiary/aromatic N) is 2. The summed E-state index contributed by atoms with van der Waals surface area (Å²) in [5.41, 5.74) is 1.11. The third kappa shape index (κ3) is 3.85. The second-order valence-corrected chi connectivity index (χ2v) is 7.09. The van der Waals surface area contributed by atoms with Gasteiger partial charge in [-0.3, -0.25) is 9.59 Å². The maximum Gasteiger partial charge on any atom is 0.258 e. The van der Waals surface area contributed by atoms with E-state index in [9.17, 15) is 14.0 Å². The molecule has 6 nitrogen and oxygen atoms in total. The van der Waals surface area contributed by atoms with Crippen molar-refractivity contribution in [2.24, 2.45) is 0 Å². The molecule has 0 bridgehead atoms. The van der Waals surface area contributed by atoms with E-state index < -0.39 is 0 Å². The molecule has 4 rings (SSSR count). The Morgan fingerprint density at radius 1 is 1.15 bits per heavy atom. The van der Waals surface area contributed by atoms with E-state index in [1.807, 2.05) is 6.07 Å². The van der Waals surface area contributed by atoms with Crippen LogP contribution in [-0.4, -0.2) is 20.9 Å². The van der Waals surface area contributed by atoms with Crippen LogP contribution in [-0.2, 0) is 11.2 Å². The third-order valence-electron chi connectivity index (χ3n) is 4.08. The number of anilines is 1. The fourth-order valence-corrected chi connectivity index (χ4v) is 3.71. The van der Waals surface area contributed by atoms with Gasteiger partial charge in [-0.15, -0.1) is 0 Å². The normalized spacial score (nSPS) is 11.1. The van der Waals surface area contributed by atoms with E-state index in [2.05, 4.69) is 20.3 Å². The van der Waals surface area contributed by atoms with Gasteiger partial charge in [-0.25, -0.2) is 14.4 Å². The van der Waals surface area contributed by atoms with Crippen LogP contribution in [0, 0.1) is 5.82 Å². The molecule has 0 radical (unpaired) electrons. The Bertz CT molecular complexity index is 1200. The average molecular weight is 382 g/mol. The van der Waals surface area contributed by atoms with Gasteiger partial charge in [0, 0.05) is 12.8 Å². The number of aromatic amines is 1. The van der Waals surface area contributed by atoms with E-state index in [0.29, 0.717) is 44.9 Å². The average Bonchev–Trinajstić information content (AvgIpc) is 3.03. The number of fused-ring (bicyclic) bond motifs is 2. The van der Waals surface area contributed by atoms with E-state index in [0.717, 1.165) is 0 Å². The van der Waals surface area contributed by atoms with Gasteiger partial charge in [-0.1, -0.05) is 23.5 Å². The first kappa shape index (κ1) is 17.3. The third-order valence-corrected chi connectivity index (χ3v) is 5.01. The number of aromatic nitrogens is 3. The van der Waals surface area contributed by atoms with Gasteiger partial charge in [0.15, 0.2) is 5.13 Å². The summed E-state index contributed by atoms with van der Waals surface area (Å²) in [4.78, 5) is 35.6. The predicted molar refractivity (Wildman–Crippen MR) is 104 cm³/mol. The molecule has 136 valence electrons. The molecule has 0 saturated carbocycles. The molecule has 0 atom stereocenters. The molecule has 0 aliphatic rings. The fourth-order valence-electron chi connectivity index (χ4n) is 2.80. The zero-order chi connectivity index (χ0) is 18.8. The highest BCUT2D eigenvalue weighted by Crippen LogP contribution is 2.26. The van der Waals surface area contributed by atoms with Crippen LogP contribution in [0.15, 0.2) is 47.3 Å². The number of hydrogen-bond acceptors (Lipinski definition) is 5. The van der Waals surface area contributed by atoms with Gasteiger partial charge >= 0.3 is 0 Å². The minimum Gasteiger partial charge on any atom is -0.310 e. The number of carbonyl (C=O) groups is 1. The Hall–Kier alpha value is -3.13. The highest BCUT2D eigenvalue weighted by atomic mass is 32.1. The van der Waals surface area contributed by atoms with E-state index in [4.69, 9.17) is 0 Å². The molecule has 4 aromatic rings. The highest BCUT2D eigenvalue weighted by molar-refractivity contribution is 7.22. The van der Waals surface area contributed by atoms with Crippen LogP contribution in [0.2, 0.25) is 0 Å². The molecule has 0 fully saturated rings. The number of aryl methyl sites for hydroxylation is 1. The molecule has 0 saturated heterocycles. The first-order valence-corrected chi connectivity index (χ1v) is 9.24. The van der Waals surface area contributed by atoms with Crippen molar-refractivity contribution in [1.82, 2.24) is 15.0 Å².